The molecule has 0 aliphatic carbocycles. The molecule has 0 spiro atoms. The van der Waals surface area contributed by atoms with Crippen LogP contribution in [0.25, 0.3) is 0 Å². The number of methoxy groups -OCH3 is 2. The smallest absolute Gasteiger partial charge is 0.194 e. The quantitative estimate of drug-likeness (QED) is 0.737. The summed E-state index contributed by atoms with van der Waals surface area (Å²) >= 11 is 0. The first-order chi connectivity index (χ1) is 7.98. The molecule has 0 heterocycles. The highest BCUT2D eigenvalue weighted by Crippen LogP contribution is 2.25. The molecule has 3 nitrogen and oxygen atoms in total. The second-order valence-electron chi connectivity index (χ2n) is 4.30. The lowest BCUT2D eigenvalue weighted by Gasteiger charge is -2.25. The van der Waals surface area contributed by atoms with Gasteiger partial charge in [-0.3, -0.25) is 4.79 Å². The monoisotopic (exact) mass is 236 g/mol. The number of benzene rings is 1. The number of hydrogen-bond donors (Lipinski definition) is 0. The predicted molar refractivity (Wildman–Crippen MR) is 67.8 cm³/mol. The van der Waals surface area contributed by atoms with Gasteiger partial charge in [-0.15, -0.1) is 0 Å². The molecule has 0 aromatic heterocycles. The molecule has 0 aliphatic rings. The molecule has 1 unspecified atom stereocenters. The first-order valence-electron chi connectivity index (χ1n) is 5.73. The van der Waals surface area contributed by atoms with Crippen molar-refractivity contribution in [3.8, 4) is 5.75 Å². The van der Waals surface area contributed by atoms with Crippen LogP contribution in [0.3, 0.4) is 0 Å². The van der Waals surface area contributed by atoms with Crippen LogP contribution >= 0.6 is 0 Å². The molecule has 1 aromatic rings. The van der Waals surface area contributed by atoms with Crippen LogP contribution in [0, 0.1) is 6.92 Å². The van der Waals surface area contributed by atoms with Crippen molar-refractivity contribution >= 4 is 5.78 Å². The summed E-state index contributed by atoms with van der Waals surface area (Å²) in [6.45, 7) is 5.67. The van der Waals surface area contributed by atoms with Crippen LogP contribution < -0.4 is 4.74 Å². The number of rotatable bonds is 5. The van der Waals surface area contributed by atoms with E-state index in [2.05, 4.69) is 0 Å². The summed E-state index contributed by atoms with van der Waals surface area (Å²) in [5.41, 5.74) is 0.849. The molecule has 1 rings (SSSR count). The SMILES string of the molecule is CCC(C)(OC)C(=O)c1ccc(OC)cc1C. The lowest BCUT2D eigenvalue weighted by atomic mass is 9.90. The highest BCUT2D eigenvalue weighted by molar-refractivity contribution is 6.03. The van der Waals surface area contributed by atoms with Crippen molar-refractivity contribution < 1.29 is 14.3 Å². The first-order valence-corrected chi connectivity index (χ1v) is 5.73. The van der Waals surface area contributed by atoms with Crippen molar-refractivity contribution in [1.82, 2.24) is 0 Å². The third-order valence-electron chi connectivity index (χ3n) is 3.28. The van der Waals surface area contributed by atoms with Gasteiger partial charge in [0.1, 0.15) is 11.4 Å². The molecule has 0 bridgehead atoms. The number of hydrogen-bond acceptors (Lipinski definition) is 3. The van der Waals surface area contributed by atoms with Crippen molar-refractivity contribution in [1.29, 1.82) is 0 Å². The Morgan fingerprint density at radius 1 is 1.35 bits per heavy atom. The summed E-state index contributed by atoms with van der Waals surface area (Å²) in [4.78, 5) is 12.4. The van der Waals surface area contributed by atoms with E-state index < -0.39 is 5.60 Å². The minimum Gasteiger partial charge on any atom is -0.497 e. The highest BCUT2D eigenvalue weighted by atomic mass is 16.5. The van der Waals surface area contributed by atoms with Gasteiger partial charge >= 0.3 is 0 Å². The average molecular weight is 236 g/mol. The second kappa shape index (κ2) is 5.32. The van der Waals surface area contributed by atoms with Gasteiger partial charge in [-0.25, -0.2) is 0 Å². The number of aryl methyl sites for hydroxylation is 1. The van der Waals surface area contributed by atoms with Crippen molar-refractivity contribution in [2.45, 2.75) is 32.8 Å². The average Bonchev–Trinajstić information content (AvgIpc) is 2.36. The van der Waals surface area contributed by atoms with Crippen LogP contribution in [-0.2, 0) is 4.74 Å². The fourth-order valence-corrected chi connectivity index (χ4v) is 1.70. The van der Waals surface area contributed by atoms with E-state index in [1.54, 1.807) is 26.4 Å². The summed E-state index contributed by atoms with van der Waals surface area (Å²) in [6, 6.07) is 5.45. The normalized spacial score (nSPS) is 14.2. The number of Topliss-reactive ketones (excluding diaryl/α,β-unsaturated/α-hetero) is 1. The zero-order valence-corrected chi connectivity index (χ0v) is 11.2. The van der Waals surface area contributed by atoms with E-state index in [0.29, 0.717) is 12.0 Å². The van der Waals surface area contributed by atoms with E-state index in [4.69, 9.17) is 9.47 Å². The number of ether oxygens (including phenoxy) is 2. The Kier molecular flexibility index (Phi) is 4.29. The Balaban J connectivity index is 3.13. The molecule has 0 aliphatic heterocycles. The molecule has 3 heteroatoms. The van der Waals surface area contributed by atoms with E-state index in [9.17, 15) is 4.79 Å². The van der Waals surface area contributed by atoms with Gasteiger partial charge in [0.2, 0.25) is 0 Å². The van der Waals surface area contributed by atoms with Crippen molar-refractivity contribution in [2.24, 2.45) is 0 Å². The van der Waals surface area contributed by atoms with Crippen LogP contribution in [0.2, 0.25) is 0 Å². The lowest BCUT2D eigenvalue weighted by molar-refractivity contribution is 0.0105. The molecule has 0 saturated carbocycles. The molecule has 1 atom stereocenters. The highest BCUT2D eigenvalue weighted by Gasteiger charge is 2.32. The van der Waals surface area contributed by atoms with Crippen molar-refractivity contribution in [2.75, 3.05) is 14.2 Å². The third-order valence-corrected chi connectivity index (χ3v) is 3.28. The van der Waals surface area contributed by atoms with Gasteiger partial charge in [-0.1, -0.05) is 6.92 Å². The van der Waals surface area contributed by atoms with E-state index in [0.717, 1.165) is 11.3 Å². The molecular formula is C14H20O3. The second-order valence-corrected chi connectivity index (χ2v) is 4.30. The molecule has 0 N–H and O–H groups in total. The van der Waals surface area contributed by atoms with Crippen molar-refractivity contribution in [3.05, 3.63) is 29.3 Å². The predicted octanol–water partition coefficient (Wildman–Crippen LogP) is 3.00. The van der Waals surface area contributed by atoms with Crippen molar-refractivity contribution in [3.63, 3.8) is 0 Å². The summed E-state index contributed by atoms with van der Waals surface area (Å²) in [5.74, 6) is 0.775. The molecule has 0 amide bonds. The zero-order chi connectivity index (χ0) is 13.1. The zero-order valence-electron chi connectivity index (χ0n) is 11.2. The lowest BCUT2D eigenvalue weighted by Crippen LogP contribution is -2.37. The van der Waals surface area contributed by atoms with Crippen LogP contribution in [0.1, 0.15) is 36.2 Å². The topological polar surface area (TPSA) is 35.5 Å². The maximum atomic E-state index is 12.4. The van der Waals surface area contributed by atoms with Gasteiger partial charge in [-0.05, 0) is 44.0 Å². The molecular weight excluding hydrogens is 216 g/mol. The third kappa shape index (κ3) is 2.67. The fraction of sp³-hybridized carbons (Fsp3) is 0.500. The Hall–Kier alpha value is -1.35. The minimum absolute atomic E-state index is 0.0163. The van der Waals surface area contributed by atoms with Gasteiger partial charge in [0, 0.05) is 12.7 Å². The van der Waals surface area contributed by atoms with E-state index >= 15 is 0 Å². The molecule has 0 saturated heterocycles. The van der Waals surface area contributed by atoms with Gasteiger partial charge in [0.05, 0.1) is 7.11 Å². The maximum absolute atomic E-state index is 12.4. The van der Waals surface area contributed by atoms with Gasteiger partial charge in [-0.2, -0.15) is 0 Å². The van der Waals surface area contributed by atoms with Crippen LogP contribution in [0.4, 0.5) is 0 Å². The largest absolute Gasteiger partial charge is 0.497 e. The summed E-state index contributed by atoms with van der Waals surface area (Å²) in [6.07, 6.45) is 0.647. The van der Waals surface area contributed by atoms with Crippen LogP contribution in [-0.4, -0.2) is 25.6 Å². The molecule has 0 radical (unpaired) electrons. The minimum atomic E-state index is -0.751. The van der Waals surface area contributed by atoms with Crippen LogP contribution in [0.5, 0.6) is 5.75 Å². The maximum Gasteiger partial charge on any atom is 0.194 e. The molecule has 94 valence electrons. The Labute approximate surface area is 103 Å². The van der Waals surface area contributed by atoms with E-state index in [1.807, 2.05) is 26.8 Å². The molecule has 1 aromatic carbocycles. The summed E-state index contributed by atoms with van der Waals surface area (Å²) in [7, 11) is 3.18. The fourth-order valence-electron chi connectivity index (χ4n) is 1.70. The van der Waals surface area contributed by atoms with E-state index in [-0.39, 0.29) is 5.78 Å². The molecule has 0 fully saturated rings. The first kappa shape index (κ1) is 13.7. The summed E-state index contributed by atoms with van der Waals surface area (Å²) in [5, 5.41) is 0. The standard InChI is InChI=1S/C14H20O3/c1-6-14(3,17-5)13(15)12-8-7-11(16-4)9-10(12)2/h7-9H,6H2,1-5H3. The number of ketones is 1. The summed E-state index contributed by atoms with van der Waals surface area (Å²) < 4.78 is 10.5. The molecule has 17 heavy (non-hydrogen) atoms. The van der Waals surface area contributed by atoms with Gasteiger partial charge in [0.15, 0.2) is 5.78 Å². The number of carbonyl (C=O) groups is 1. The Bertz CT molecular complexity index is 406. The van der Waals surface area contributed by atoms with Gasteiger partial charge < -0.3 is 9.47 Å². The Morgan fingerprint density at radius 3 is 2.41 bits per heavy atom. The van der Waals surface area contributed by atoms with E-state index in [1.165, 1.54) is 0 Å². The Morgan fingerprint density at radius 2 is 2.00 bits per heavy atom. The number of carbonyl (C=O) groups excluding carboxylic acids is 1. The van der Waals surface area contributed by atoms with Crippen LogP contribution in [0.15, 0.2) is 18.2 Å². The van der Waals surface area contributed by atoms with Gasteiger partial charge in [0.25, 0.3) is 0 Å².